The van der Waals surface area contributed by atoms with Crippen LogP contribution in [0.1, 0.15) is 48.3 Å². The van der Waals surface area contributed by atoms with Crippen LogP contribution < -0.4 is 0 Å². The first-order valence-electron chi connectivity index (χ1n) is 7.52. The van der Waals surface area contributed by atoms with E-state index in [0.29, 0.717) is 16.9 Å². The number of rotatable bonds is 4. The Morgan fingerprint density at radius 2 is 2.00 bits per heavy atom. The Bertz CT molecular complexity index is 707. The van der Waals surface area contributed by atoms with Gasteiger partial charge in [0.25, 0.3) is 0 Å². The van der Waals surface area contributed by atoms with Crippen molar-refractivity contribution >= 4 is 35.4 Å². The Hall–Kier alpha value is -2.08. The van der Waals surface area contributed by atoms with Gasteiger partial charge in [-0.3, -0.25) is 4.79 Å². The zero-order valence-corrected chi connectivity index (χ0v) is 13.4. The van der Waals surface area contributed by atoms with Gasteiger partial charge in [-0.2, -0.15) is 0 Å². The lowest BCUT2D eigenvalue weighted by Gasteiger charge is -2.19. The molecule has 0 aliphatic heterocycles. The van der Waals surface area contributed by atoms with Crippen molar-refractivity contribution in [2.24, 2.45) is 5.92 Å². The van der Waals surface area contributed by atoms with E-state index in [0.717, 1.165) is 25.7 Å². The fourth-order valence-corrected chi connectivity index (χ4v) is 2.86. The number of hydrogen-bond donors (Lipinski definition) is 2. The minimum Gasteiger partial charge on any atom is -0.478 e. The number of imidazole rings is 1. The highest BCUT2D eigenvalue weighted by Gasteiger charge is 2.22. The minimum atomic E-state index is -0.984. The molecule has 1 fully saturated rings. The molecule has 0 bridgehead atoms. The van der Waals surface area contributed by atoms with Gasteiger partial charge in [-0.05, 0) is 31.0 Å². The molecule has 1 aliphatic carbocycles. The Labute approximate surface area is 139 Å². The van der Waals surface area contributed by atoms with Crippen molar-refractivity contribution < 1.29 is 19.4 Å². The molecule has 23 heavy (non-hydrogen) atoms. The van der Waals surface area contributed by atoms with E-state index >= 15 is 0 Å². The van der Waals surface area contributed by atoms with Gasteiger partial charge in [-0.1, -0.05) is 19.3 Å². The summed E-state index contributed by atoms with van der Waals surface area (Å²) in [5.74, 6) is -0.605. The fraction of sp³-hybridized carbons (Fsp3) is 0.438. The van der Waals surface area contributed by atoms with Gasteiger partial charge in [-0.25, -0.2) is 9.78 Å². The molecule has 2 aromatic rings. The summed E-state index contributed by atoms with van der Waals surface area (Å²) in [5, 5.41) is 8.97. The number of carboxylic acid groups (broad SMARTS) is 1. The SMILES string of the molecule is Cl.O=C(O)c1ccc2nc(COC(=O)C3CCCCC3)[nH]c2c1. The van der Waals surface area contributed by atoms with Crippen LogP contribution in [0.4, 0.5) is 0 Å². The third-order valence-electron chi connectivity index (χ3n) is 4.07. The smallest absolute Gasteiger partial charge is 0.335 e. The third-order valence-corrected chi connectivity index (χ3v) is 4.07. The molecule has 0 saturated heterocycles. The zero-order valence-electron chi connectivity index (χ0n) is 12.6. The number of carbonyl (C=O) groups excluding carboxylic acids is 1. The van der Waals surface area contributed by atoms with Gasteiger partial charge in [0, 0.05) is 0 Å². The summed E-state index contributed by atoms with van der Waals surface area (Å²) in [7, 11) is 0. The van der Waals surface area contributed by atoms with Gasteiger partial charge >= 0.3 is 11.9 Å². The Kier molecular flexibility index (Phi) is 5.60. The minimum absolute atomic E-state index is 0. The van der Waals surface area contributed by atoms with E-state index in [1.165, 1.54) is 18.6 Å². The lowest BCUT2D eigenvalue weighted by Crippen LogP contribution is -2.20. The Balaban J connectivity index is 0.00000192. The first-order valence-corrected chi connectivity index (χ1v) is 7.52. The number of H-pyrrole nitrogens is 1. The average Bonchev–Trinajstić information content (AvgIpc) is 2.95. The lowest BCUT2D eigenvalue weighted by molar-refractivity contribution is -0.151. The largest absolute Gasteiger partial charge is 0.478 e. The molecule has 1 aromatic heterocycles. The molecule has 0 unspecified atom stereocenters. The number of ether oxygens (including phenoxy) is 1. The van der Waals surface area contributed by atoms with Crippen molar-refractivity contribution in [3.8, 4) is 0 Å². The second-order valence-electron chi connectivity index (χ2n) is 5.66. The van der Waals surface area contributed by atoms with E-state index in [1.54, 1.807) is 6.07 Å². The van der Waals surface area contributed by atoms with Crippen LogP contribution in [0.3, 0.4) is 0 Å². The standard InChI is InChI=1S/C16H18N2O4.ClH/c19-15(20)11-6-7-12-13(8-11)18-14(17-12)9-22-16(21)10-4-2-1-3-5-10;/h6-8,10H,1-5,9H2,(H,17,18)(H,19,20);1H. The summed E-state index contributed by atoms with van der Waals surface area (Å²) in [4.78, 5) is 30.2. The molecule has 2 N–H and O–H groups in total. The highest BCUT2D eigenvalue weighted by Crippen LogP contribution is 2.25. The molecule has 124 valence electrons. The van der Waals surface area contributed by atoms with Gasteiger partial charge in [0.05, 0.1) is 22.5 Å². The number of esters is 1. The van der Waals surface area contributed by atoms with E-state index in [2.05, 4.69) is 9.97 Å². The molecule has 0 spiro atoms. The molecule has 1 aliphatic rings. The number of aromatic amines is 1. The molecule has 0 amide bonds. The first-order chi connectivity index (χ1) is 10.6. The third kappa shape index (κ3) is 4.01. The van der Waals surface area contributed by atoms with Crippen LogP contribution in [0, 0.1) is 5.92 Å². The van der Waals surface area contributed by atoms with Crippen LogP contribution in [-0.2, 0) is 16.1 Å². The van der Waals surface area contributed by atoms with Crippen LogP contribution in [0.15, 0.2) is 18.2 Å². The van der Waals surface area contributed by atoms with Gasteiger partial charge in [0.15, 0.2) is 0 Å². The average molecular weight is 339 g/mol. The highest BCUT2D eigenvalue weighted by atomic mass is 35.5. The molecule has 3 rings (SSSR count). The Morgan fingerprint density at radius 1 is 1.26 bits per heavy atom. The maximum atomic E-state index is 12.0. The number of hydrogen-bond acceptors (Lipinski definition) is 4. The van der Waals surface area contributed by atoms with E-state index in [4.69, 9.17) is 9.84 Å². The maximum absolute atomic E-state index is 12.0. The lowest BCUT2D eigenvalue weighted by atomic mass is 9.89. The summed E-state index contributed by atoms with van der Waals surface area (Å²) in [6.45, 7) is 0.0897. The van der Waals surface area contributed by atoms with Crippen molar-refractivity contribution in [3.63, 3.8) is 0 Å². The molecule has 1 heterocycles. The molecule has 7 heteroatoms. The molecule has 0 atom stereocenters. The van der Waals surface area contributed by atoms with E-state index in [-0.39, 0.29) is 36.5 Å². The van der Waals surface area contributed by atoms with Crippen molar-refractivity contribution in [1.29, 1.82) is 0 Å². The molecule has 1 saturated carbocycles. The number of aromatic carboxylic acids is 1. The van der Waals surface area contributed by atoms with Gasteiger partial charge in [-0.15, -0.1) is 12.4 Å². The van der Waals surface area contributed by atoms with Crippen LogP contribution in [-0.4, -0.2) is 27.0 Å². The van der Waals surface area contributed by atoms with Crippen LogP contribution >= 0.6 is 12.4 Å². The number of halogens is 1. The van der Waals surface area contributed by atoms with Crippen LogP contribution in [0.25, 0.3) is 11.0 Å². The molecule has 1 aromatic carbocycles. The topological polar surface area (TPSA) is 92.3 Å². The summed E-state index contributed by atoms with van der Waals surface area (Å²) in [6, 6.07) is 4.67. The van der Waals surface area contributed by atoms with Gasteiger partial charge < -0.3 is 14.8 Å². The number of nitrogens with zero attached hydrogens (tertiary/aromatic N) is 1. The normalized spacial score (nSPS) is 15.1. The predicted octanol–water partition coefficient (Wildman–Crippen LogP) is 3.31. The van der Waals surface area contributed by atoms with Crippen LogP contribution in [0.5, 0.6) is 0 Å². The van der Waals surface area contributed by atoms with Crippen molar-refractivity contribution in [1.82, 2.24) is 9.97 Å². The van der Waals surface area contributed by atoms with Gasteiger partial charge in [0.1, 0.15) is 12.4 Å². The number of nitrogens with one attached hydrogen (secondary N) is 1. The van der Waals surface area contributed by atoms with Crippen molar-refractivity contribution in [2.75, 3.05) is 0 Å². The quantitative estimate of drug-likeness (QED) is 0.834. The summed E-state index contributed by atoms with van der Waals surface area (Å²) in [5.41, 5.74) is 1.49. The predicted molar refractivity (Wildman–Crippen MR) is 86.7 cm³/mol. The Morgan fingerprint density at radius 3 is 2.70 bits per heavy atom. The molecular formula is C16H19ClN2O4. The fourth-order valence-electron chi connectivity index (χ4n) is 2.86. The zero-order chi connectivity index (χ0) is 15.5. The highest BCUT2D eigenvalue weighted by molar-refractivity contribution is 5.92. The van der Waals surface area contributed by atoms with Gasteiger partial charge in [0.2, 0.25) is 0 Å². The second-order valence-corrected chi connectivity index (χ2v) is 5.66. The molecular weight excluding hydrogens is 320 g/mol. The van der Waals surface area contributed by atoms with E-state index < -0.39 is 5.97 Å². The molecule has 0 radical (unpaired) electrons. The first kappa shape index (κ1) is 17.3. The maximum Gasteiger partial charge on any atom is 0.335 e. The van der Waals surface area contributed by atoms with Crippen molar-refractivity contribution in [3.05, 3.63) is 29.6 Å². The van der Waals surface area contributed by atoms with Crippen LogP contribution in [0.2, 0.25) is 0 Å². The number of carboxylic acids is 1. The number of fused-ring (bicyclic) bond motifs is 1. The summed E-state index contributed by atoms with van der Waals surface area (Å²) >= 11 is 0. The van der Waals surface area contributed by atoms with Crippen molar-refractivity contribution in [2.45, 2.75) is 38.7 Å². The second kappa shape index (κ2) is 7.46. The van der Waals surface area contributed by atoms with E-state index in [9.17, 15) is 9.59 Å². The number of aromatic nitrogens is 2. The summed E-state index contributed by atoms with van der Waals surface area (Å²) in [6.07, 6.45) is 5.17. The number of carbonyl (C=O) groups is 2. The molecule has 6 nitrogen and oxygen atoms in total. The number of benzene rings is 1. The summed E-state index contributed by atoms with van der Waals surface area (Å²) < 4.78 is 5.33. The monoisotopic (exact) mass is 338 g/mol. The van der Waals surface area contributed by atoms with E-state index in [1.807, 2.05) is 0 Å².